The maximum Gasteiger partial charge on any atom is 0.337 e. The van der Waals surface area contributed by atoms with Crippen LogP contribution < -0.4 is 5.32 Å². The quantitative estimate of drug-likeness (QED) is 0.853. The van der Waals surface area contributed by atoms with Crippen molar-refractivity contribution in [2.75, 3.05) is 12.4 Å². The molecule has 4 heteroatoms. The molecule has 0 saturated heterocycles. The molecule has 2 aromatic rings. The van der Waals surface area contributed by atoms with Gasteiger partial charge in [-0.15, -0.1) is 0 Å². The molecule has 1 N–H and O–H groups in total. The Kier molecular flexibility index (Phi) is 5.52. The van der Waals surface area contributed by atoms with E-state index in [0.29, 0.717) is 11.1 Å². The minimum atomic E-state index is -0.417. The molecule has 4 nitrogen and oxygen atoms in total. The lowest BCUT2D eigenvalue weighted by molar-refractivity contribution is 0.0600. The predicted octanol–water partition coefficient (Wildman–Crippen LogP) is 3.85. The lowest BCUT2D eigenvalue weighted by Gasteiger charge is -2.10. The molecule has 0 saturated carbocycles. The van der Waals surface area contributed by atoms with Gasteiger partial charge in [0, 0.05) is 11.3 Å². The first kappa shape index (κ1) is 16.7. The Labute approximate surface area is 136 Å². The number of amides is 1. The minimum absolute atomic E-state index is 0.201. The molecule has 0 radical (unpaired) electrons. The summed E-state index contributed by atoms with van der Waals surface area (Å²) in [4.78, 5) is 23.7. The average Bonchev–Trinajstić information content (AvgIpc) is 2.60. The Morgan fingerprint density at radius 1 is 0.913 bits per heavy atom. The zero-order valence-electron chi connectivity index (χ0n) is 13.7. The van der Waals surface area contributed by atoms with Gasteiger partial charge >= 0.3 is 5.97 Å². The first-order valence-electron chi connectivity index (χ1n) is 7.70. The fraction of sp³-hybridized carbons (Fsp3) is 0.263. The number of hydrogen-bond acceptors (Lipinski definition) is 3. The number of rotatable bonds is 5. The highest BCUT2D eigenvalue weighted by atomic mass is 16.5. The summed E-state index contributed by atoms with van der Waals surface area (Å²) in [5.74, 6) is -0.618. The van der Waals surface area contributed by atoms with Gasteiger partial charge in [0.1, 0.15) is 0 Å². The third-order valence-corrected chi connectivity index (χ3v) is 3.79. The molecule has 0 unspecified atom stereocenters. The zero-order valence-corrected chi connectivity index (χ0v) is 13.7. The SMILES string of the molecule is CCc1ccc(NC(=O)c2ccc(C(=O)OC)cc2)cc1CC. The molecule has 0 fully saturated rings. The number of carbonyl (C=O) groups excluding carboxylic acids is 2. The largest absolute Gasteiger partial charge is 0.465 e. The van der Waals surface area contributed by atoms with Crippen molar-refractivity contribution in [2.45, 2.75) is 26.7 Å². The van der Waals surface area contributed by atoms with Crippen LogP contribution in [0.25, 0.3) is 0 Å². The Morgan fingerprint density at radius 3 is 2.09 bits per heavy atom. The van der Waals surface area contributed by atoms with Crippen LogP contribution in [0.3, 0.4) is 0 Å². The van der Waals surface area contributed by atoms with Gasteiger partial charge in [0.05, 0.1) is 12.7 Å². The lowest BCUT2D eigenvalue weighted by Crippen LogP contribution is -2.12. The summed E-state index contributed by atoms with van der Waals surface area (Å²) in [6.07, 6.45) is 1.91. The highest BCUT2D eigenvalue weighted by molar-refractivity contribution is 6.04. The maximum absolute atomic E-state index is 12.3. The van der Waals surface area contributed by atoms with E-state index in [1.54, 1.807) is 24.3 Å². The van der Waals surface area contributed by atoms with Crippen molar-refractivity contribution in [3.05, 3.63) is 64.7 Å². The van der Waals surface area contributed by atoms with E-state index in [9.17, 15) is 9.59 Å². The van der Waals surface area contributed by atoms with E-state index < -0.39 is 5.97 Å². The van der Waals surface area contributed by atoms with Crippen LogP contribution in [0.15, 0.2) is 42.5 Å². The van der Waals surface area contributed by atoms with Gasteiger partial charge in [-0.05, 0) is 60.4 Å². The van der Waals surface area contributed by atoms with Crippen LogP contribution in [-0.4, -0.2) is 19.0 Å². The number of nitrogens with one attached hydrogen (secondary N) is 1. The molecular weight excluding hydrogens is 290 g/mol. The fourth-order valence-corrected chi connectivity index (χ4v) is 2.46. The Hall–Kier alpha value is -2.62. The molecule has 0 atom stereocenters. The number of ether oxygens (including phenoxy) is 1. The van der Waals surface area contributed by atoms with Gasteiger partial charge in [0.15, 0.2) is 0 Å². The second kappa shape index (κ2) is 7.58. The summed E-state index contributed by atoms with van der Waals surface area (Å²) in [7, 11) is 1.33. The molecule has 0 bridgehead atoms. The number of esters is 1. The van der Waals surface area contributed by atoms with Crippen LogP contribution in [0.2, 0.25) is 0 Å². The van der Waals surface area contributed by atoms with Crippen LogP contribution in [0.5, 0.6) is 0 Å². The van der Waals surface area contributed by atoms with Gasteiger partial charge in [-0.3, -0.25) is 4.79 Å². The summed E-state index contributed by atoms with van der Waals surface area (Å²) in [5, 5.41) is 2.89. The molecule has 120 valence electrons. The molecule has 1 amide bonds. The van der Waals surface area contributed by atoms with Gasteiger partial charge in [0.25, 0.3) is 5.91 Å². The first-order chi connectivity index (χ1) is 11.1. The van der Waals surface area contributed by atoms with Crippen molar-refractivity contribution < 1.29 is 14.3 Å². The van der Waals surface area contributed by atoms with Crippen LogP contribution >= 0.6 is 0 Å². The van der Waals surface area contributed by atoms with Crippen molar-refractivity contribution >= 4 is 17.6 Å². The maximum atomic E-state index is 12.3. The van der Waals surface area contributed by atoms with Gasteiger partial charge in [-0.1, -0.05) is 19.9 Å². The van der Waals surface area contributed by atoms with Crippen LogP contribution in [-0.2, 0) is 17.6 Å². The Balaban J connectivity index is 2.14. The zero-order chi connectivity index (χ0) is 16.8. The molecular formula is C19H21NO3. The summed E-state index contributed by atoms with van der Waals surface area (Å²) in [6.45, 7) is 4.22. The monoisotopic (exact) mass is 311 g/mol. The summed E-state index contributed by atoms with van der Waals surface area (Å²) in [5.41, 5.74) is 4.24. The third-order valence-electron chi connectivity index (χ3n) is 3.79. The highest BCUT2D eigenvalue weighted by Gasteiger charge is 2.10. The molecule has 2 rings (SSSR count). The van der Waals surface area contributed by atoms with Crippen LogP contribution in [0.4, 0.5) is 5.69 Å². The normalized spacial score (nSPS) is 10.2. The van der Waals surface area contributed by atoms with Crippen molar-refractivity contribution in [2.24, 2.45) is 0 Å². The third kappa shape index (κ3) is 3.97. The minimum Gasteiger partial charge on any atom is -0.465 e. The van der Waals surface area contributed by atoms with E-state index in [1.165, 1.54) is 18.2 Å². The molecule has 0 aliphatic rings. The second-order valence-electron chi connectivity index (χ2n) is 5.21. The summed E-state index contributed by atoms with van der Waals surface area (Å²) in [6, 6.07) is 12.4. The van der Waals surface area contributed by atoms with E-state index >= 15 is 0 Å². The number of hydrogen-bond donors (Lipinski definition) is 1. The standard InChI is InChI=1S/C19H21NO3/c1-4-13-10-11-17(12-14(13)5-2)20-18(21)15-6-8-16(9-7-15)19(22)23-3/h6-12H,4-5H2,1-3H3,(H,20,21). The molecule has 0 aliphatic carbocycles. The van der Waals surface area contributed by atoms with E-state index in [2.05, 4.69) is 30.0 Å². The highest BCUT2D eigenvalue weighted by Crippen LogP contribution is 2.18. The van der Waals surface area contributed by atoms with Crippen molar-refractivity contribution in [1.82, 2.24) is 0 Å². The number of methoxy groups -OCH3 is 1. The predicted molar refractivity (Wildman–Crippen MR) is 90.9 cm³/mol. The molecule has 2 aromatic carbocycles. The molecule has 0 aliphatic heterocycles. The average molecular weight is 311 g/mol. The van der Waals surface area contributed by atoms with Crippen LogP contribution in [0, 0.1) is 0 Å². The Morgan fingerprint density at radius 2 is 1.52 bits per heavy atom. The first-order valence-corrected chi connectivity index (χ1v) is 7.70. The van der Waals surface area contributed by atoms with Gasteiger partial charge in [0.2, 0.25) is 0 Å². The van der Waals surface area contributed by atoms with Crippen molar-refractivity contribution in [3.63, 3.8) is 0 Å². The number of aryl methyl sites for hydroxylation is 2. The van der Waals surface area contributed by atoms with E-state index in [4.69, 9.17) is 0 Å². The smallest absolute Gasteiger partial charge is 0.337 e. The molecule has 0 aromatic heterocycles. The Bertz CT molecular complexity index is 705. The summed E-state index contributed by atoms with van der Waals surface area (Å²) >= 11 is 0. The fourth-order valence-electron chi connectivity index (χ4n) is 2.46. The van der Waals surface area contributed by atoms with Crippen molar-refractivity contribution in [3.8, 4) is 0 Å². The van der Waals surface area contributed by atoms with E-state index in [1.807, 2.05) is 12.1 Å². The van der Waals surface area contributed by atoms with Crippen molar-refractivity contribution in [1.29, 1.82) is 0 Å². The summed E-state index contributed by atoms with van der Waals surface area (Å²) < 4.78 is 4.64. The second-order valence-corrected chi connectivity index (χ2v) is 5.21. The van der Waals surface area contributed by atoms with Crippen LogP contribution in [0.1, 0.15) is 45.7 Å². The van der Waals surface area contributed by atoms with E-state index in [-0.39, 0.29) is 5.91 Å². The topological polar surface area (TPSA) is 55.4 Å². The number of anilines is 1. The van der Waals surface area contributed by atoms with Gasteiger partial charge in [-0.2, -0.15) is 0 Å². The van der Waals surface area contributed by atoms with Gasteiger partial charge < -0.3 is 10.1 Å². The molecule has 0 spiro atoms. The number of benzene rings is 2. The molecule has 23 heavy (non-hydrogen) atoms. The lowest BCUT2D eigenvalue weighted by atomic mass is 10.0. The molecule has 0 heterocycles. The number of carbonyl (C=O) groups is 2. The van der Waals surface area contributed by atoms with E-state index in [0.717, 1.165) is 18.5 Å². The van der Waals surface area contributed by atoms with Gasteiger partial charge in [-0.25, -0.2) is 4.79 Å².